The zero-order chi connectivity index (χ0) is 22.5. The van der Waals surface area contributed by atoms with E-state index in [-0.39, 0.29) is 30.8 Å². The quantitative estimate of drug-likeness (QED) is 0.195. The Kier molecular flexibility index (Phi) is 6.31. The van der Waals surface area contributed by atoms with Gasteiger partial charge in [-0.3, -0.25) is 19.2 Å². The van der Waals surface area contributed by atoms with E-state index in [1.807, 2.05) is 66.7 Å². The van der Waals surface area contributed by atoms with Gasteiger partial charge in [-0.1, -0.05) is 84.9 Å². The zero-order valence-electron chi connectivity index (χ0n) is 17.5. The predicted octanol–water partition coefficient (Wildman–Crippen LogP) is 5.76. The van der Waals surface area contributed by atoms with Crippen molar-refractivity contribution in [2.24, 2.45) is 0 Å². The van der Waals surface area contributed by atoms with Crippen molar-refractivity contribution in [2.75, 3.05) is 0 Å². The van der Waals surface area contributed by atoms with Crippen LogP contribution in [0.4, 0.5) is 0 Å². The molecule has 4 heteroatoms. The molecule has 0 saturated heterocycles. The van der Waals surface area contributed by atoms with Crippen LogP contribution in [-0.4, -0.2) is 23.1 Å². The third-order valence-corrected chi connectivity index (χ3v) is 5.62. The van der Waals surface area contributed by atoms with Crippen molar-refractivity contribution in [2.45, 2.75) is 25.7 Å². The van der Waals surface area contributed by atoms with E-state index in [4.69, 9.17) is 0 Å². The van der Waals surface area contributed by atoms with Crippen LogP contribution in [0.5, 0.6) is 0 Å². The third kappa shape index (κ3) is 4.54. The van der Waals surface area contributed by atoms with Gasteiger partial charge in [-0.2, -0.15) is 0 Å². The van der Waals surface area contributed by atoms with Crippen LogP contribution in [0.3, 0.4) is 0 Å². The molecule has 0 amide bonds. The second-order valence-corrected chi connectivity index (χ2v) is 7.78. The van der Waals surface area contributed by atoms with Gasteiger partial charge in [-0.25, -0.2) is 0 Å². The average molecular weight is 422 g/mol. The van der Waals surface area contributed by atoms with Crippen molar-refractivity contribution in [3.63, 3.8) is 0 Å². The summed E-state index contributed by atoms with van der Waals surface area (Å²) >= 11 is 0. The highest BCUT2D eigenvalue weighted by Gasteiger charge is 2.20. The molecule has 0 atom stereocenters. The smallest absolute Gasteiger partial charge is 0.206 e. The molecule has 158 valence electrons. The highest BCUT2D eigenvalue weighted by Crippen LogP contribution is 2.22. The van der Waals surface area contributed by atoms with Gasteiger partial charge in [0.2, 0.25) is 5.78 Å². The van der Waals surface area contributed by atoms with Crippen LogP contribution < -0.4 is 0 Å². The second-order valence-electron chi connectivity index (χ2n) is 7.78. The Morgan fingerprint density at radius 1 is 0.500 bits per heavy atom. The number of hydrogen-bond acceptors (Lipinski definition) is 4. The predicted molar refractivity (Wildman–Crippen MR) is 125 cm³/mol. The number of ketones is 4. The first kappa shape index (κ1) is 21.3. The molecule has 0 spiro atoms. The van der Waals surface area contributed by atoms with Crippen LogP contribution in [0, 0.1) is 0 Å². The van der Waals surface area contributed by atoms with Crippen molar-refractivity contribution >= 4 is 44.7 Å². The lowest BCUT2D eigenvalue weighted by Crippen LogP contribution is -2.18. The molecule has 0 aliphatic carbocycles. The number of rotatable bonds is 9. The molecule has 0 bridgehead atoms. The fraction of sp³-hybridized carbons (Fsp3) is 0.143. The lowest BCUT2D eigenvalue weighted by Gasteiger charge is -2.06. The number of carbonyl (C=O) groups is 4. The van der Waals surface area contributed by atoms with Crippen molar-refractivity contribution in [1.29, 1.82) is 0 Å². The maximum Gasteiger partial charge on any atom is 0.206 e. The SMILES string of the molecule is O=C(CCCC(=O)c1cccc2ccccc12)C(=O)CC(=O)c1cccc2ccccc12. The Labute approximate surface area is 185 Å². The lowest BCUT2D eigenvalue weighted by molar-refractivity contribution is -0.136. The number of Topliss-reactive ketones (excluding diaryl/α,β-unsaturated/α-hetero) is 4. The molecule has 0 aliphatic heterocycles. The van der Waals surface area contributed by atoms with Gasteiger partial charge in [0, 0.05) is 24.0 Å². The molecule has 0 heterocycles. The molecule has 4 aromatic rings. The Hall–Kier alpha value is -3.92. The second kappa shape index (κ2) is 9.48. The fourth-order valence-corrected chi connectivity index (χ4v) is 3.96. The summed E-state index contributed by atoms with van der Waals surface area (Å²) in [5, 5.41) is 3.53. The largest absolute Gasteiger partial charge is 0.294 e. The van der Waals surface area contributed by atoms with Gasteiger partial charge in [-0.15, -0.1) is 0 Å². The molecule has 32 heavy (non-hydrogen) atoms. The van der Waals surface area contributed by atoms with Gasteiger partial charge in [0.05, 0.1) is 6.42 Å². The van der Waals surface area contributed by atoms with Gasteiger partial charge >= 0.3 is 0 Å². The summed E-state index contributed by atoms with van der Waals surface area (Å²) in [6.07, 6.45) is -0.0539. The number of benzene rings is 4. The number of hydrogen-bond donors (Lipinski definition) is 0. The van der Waals surface area contributed by atoms with Crippen molar-refractivity contribution < 1.29 is 19.2 Å². The summed E-state index contributed by atoms with van der Waals surface area (Å²) in [5.74, 6) is -1.74. The Bertz CT molecular complexity index is 1340. The van der Waals surface area contributed by atoms with E-state index < -0.39 is 18.0 Å². The average Bonchev–Trinajstić information content (AvgIpc) is 2.83. The molecule has 0 saturated carbocycles. The minimum Gasteiger partial charge on any atom is -0.294 e. The van der Waals surface area contributed by atoms with Crippen LogP contribution in [0.2, 0.25) is 0 Å². The highest BCUT2D eigenvalue weighted by molar-refractivity contribution is 6.41. The summed E-state index contributed by atoms with van der Waals surface area (Å²) in [7, 11) is 0. The Morgan fingerprint density at radius 2 is 1.00 bits per heavy atom. The van der Waals surface area contributed by atoms with Crippen LogP contribution in [0.15, 0.2) is 84.9 Å². The molecule has 4 rings (SSSR count). The molecule has 0 aliphatic rings. The van der Waals surface area contributed by atoms with Gasteiger partial charge < -0.3 is 0 Å². The van der Waals surface area contributed by atoms with Gasteiger partial charge in [0.25, 0.3) is 0 Å². The summed E-state index contributed by atoms with van der Waals surface area (Å²) < 4.78 is 0. The minimum absolute atomic E-state index is 0.0435. The number of carbonyl (C=O) groups excluding carboxylic acids is 4. The first-order valence-corrected chi connectivity index (χ1v) is 10.6. The van der Waals surface area contributed by atoms with Crippen molar-refractivity contribution in [1.82, 2.24) is 0 Å². The lowest BCUT2D eigenvalue weighted by atomic mass is 9.96. The van der Waals surface area contributed by atoms with E-state index in [0.29, 0.717) is 11.1 Å². The van der Waals surface area contributed by atoms with Crippen LogP contribution in [0.25, 0.3) is 21.5 Å². The third-order valence-electron chi connectivity index (χ3n) is 5.62. The molecular weight excluding hydrogens is 400 g/mol. The topological polar surface area (TPSA) is 68.3 Å². The zero-order valence-corrected chi connectivity index (χ0v) is 17.5. The minimum atomic E-state index is -0.708. The van der Waals surface area contributed by atoms with E-state index in [0.717, 1.165) is 21.5 Å². The fourth-order valence-electron chi connectivity index (χ4n) is 3.96. The van der Waals surface area contributed by atoms with Crippen LogP contribution in [0.1, 0.15) is 46.4 Å². The maximum atomic E-state index is 12.6. The molecule has 0 aromatic heterocycles. The van der Waals surface area contributed by atoms with Gasteiger partial charge in [0.15, 0.2) is 17.3 Å². The Morgan fingerprint density at radius 3 is 1.59 bits per heavy atom. The van der Waals surface area contributed by atoms with E-state index in [9.17, 15) is 19.2 Å². The Balaban J connectivity index is 1.34. The van der Waals surface area contributed by atoms with Crippen LogP contribution >= 0.6 is 0 Å². The van der Waals surface area contributed by atoms with E-state index in [1.165, 1.54) is 0 Å². The van der Waals surface area contributed by atoms with Gasteiger partial charge in [-0.05, 0) is 28.0 Å². The summed E-state index contributed by atoms with van der Waals surface area (Å²) in [5.41, 5.74) is 1.06. The van der Waals surface area contributed by atoms with Crippen LogP contribution in [-0.2, 0) is 9.59 Å². The maximum absolute atomic E-state index is 12.6. The van der Waals surface area contributed by atoms with E-state index in [2.05, 4.69) is 0 Å². The molecule has 0 N–H and O–H groups in total. The van der Waals surface area contributed by atoms with Gasteiger partial charge in [0.1, 0.15) is 0 Å². The monoisotopic (exact) mass is 422 g/mol. The summed E-state index contributed by atoms with van der Waals surface area (Å²) in [6.45, 7) is 0. The molecule has 4 aromatic carbocycles. The highest BCUT2D eigenvalue weighted by atomic mass is 16.2. The van der Waals surface area contributed by atoms with Crippen molar-refractivity contribution in [3.05, 3.63) is 96.1 Å². The molecule has 0 radical (unpaired) electrons. The number of fused-ring (bicyclic) bond motifs is 2. The first-order chi connectivity index (χ1) is 15.5. The van der Waals surface area contributed by atoms with Crippen molar-refractivity contribution in [3.8, 4) is 0 Å². The normalized spacial score (nSPS) is 10.9. The molecular formula is C28H22O4. The summed E-state index contributed by atoms with van der Waals surface area (Å²) in [4.78, 5) is 49.9. The summed E-state index contributed by atoms with van der Waals surface area (Å²) in [6, 6.07) is 26.0. The van der Waals surface area contributed by atoms with E-state index >= 15 is 0 Å². The van der Waals surface area contributed by atoms with E-state index in [1.54, 1.807) is 18.2 Å². The first-order valence-electron chi connectivity index (χ1n) is 10.6. The molecule has 4 nitrogen and oxygen atoms in total. The molecule has 0 unspecified atom stereocenters. The standard InChI is InChI=1S/C28H22O4/c29-25(23-14-5-10-19-8-1-3-12-21(19)23)16-7-17-26(30)28(32)18-27(31)24-15-6-11-20-9-2-4-13-22(20)24/h1-6,8-15H,7,16-18H2. The molecule has 0 fully saturated rings.